The van der Waals surface area contributed by atoms with E-state index in [-0.39, 0.29) is 5.60 Å². The number of aromatic nitrogens is 1. The van der Waals surface area contributed by atoms with Crippen molar-refractivity contribution in [3.63, 3.8) is 0 Å². The molecule has 0 spiro atoms. The zero-order valence-electron chi connectivity index (χ0n) is 15.2. The van der Waals surface area contributed by atoms with Crippen molar-refractivity contribution in [2.24, 2.45) is 5.92 Å². The summed E-state index contributed by atoms with van der Waals surface area (Å²) in [5.74, 6) is 1.72. The number of allylic oxidation sites excluding steroid dienone is 3. The molecule has 3 nitrogen and oxygen atoms in total. The standard InChI is InChI=1S/C19H29ClN2OS/c1-14(9-7-8-10-20)11-15(2)21-12-18-22-17(13-24-18)16(3)23-19(4,5)6/h7,9,13-14,21H,2-3,8,10-12H2,1,4-6H3/b9-7+. The lowest BCUT2D eigenvalue weighted by Crippen LogP contribution is -2.18. The molecule has 0 fully saturated rings. The van der Waals surface area contributed by atoms with Crippen LogP contribution in [0.15, 0.2) is 36.4 Å². The fourth-order valence-electron chi connectivity index (χ4n) is 2.06. The largest absolute Gasteiger partial charge is 0.486 e. The van der Waals surface area contributed by atoms with E-state index in [9.17, 15) is 0 Å². The van der Waals surface area contributed by atoms with Gasteiger partial charge in [-0.05, 0) is 39.5 Å². The highest BCUT2D eigenvalue weighted by Gasteiger charge is 2.15. The molecule has 1 unspecified atom stereocenters. The third kappa shape index (κ3) is 8.55. The zero-order chi connectivity index (χ0) is 18.2. The van der Waals surface area contributed by atoms with Crippen LogP contribution in [-0.2, 0) is 11.3 Å². The zero-order valence-corrected chi connectivity index (χ0v) is 16.8. The number of ether oxygens (including phenoxy) is 1. The lowest BCUT2D eigenvalue weighted by atomic mass is 10.1. The normalized spacial score (nSPS) is 13.0. The molecule has 1 N–H and O–H groups in total. The molecule has 0 amide bonds. The average Bonchev–Trinajstić information content (AvgIpc) is 2.92. The maximum atomic E-state index is 5.76. The van der Waals surface area contributed by atoms with Crippen LogP contribution in [0.1, 0.15) is 51.2 Å². The second-order valence-corrected chi connectivity index (χ2v) is 8.13. The van der Waals surface area contributed by atoms with E-state index in [2.05, 4.69) is 42.5 Å². The van der Waals surface area contributed by atoms with Gasteiger partial charge in [0, 0.05) is 17.0 Å². The Kier molecular flexibility index (Phi) is 8.57. The Morgan fingerprint density at radius 1 is 1.46 bits per heavy atom. The summed E-state index contributed by atoms with van der Waals surface area (Å²) in [6.45, 7) is 16.9. The van der Waals surface area contributed by atoms with Crippen LogP contribution in [0.2, 0.25) is 0 Å². The Balaban J connectivity index is 2.43. The first-order chi connectivity index (χ1) is 11.2. The molecule has 0 aliphatic carbocycles. The van der Waals surface area contributed by atoms with Crippen molar-refractivity contribution in [2.45, 2.75) is 52.7 Å². The maximum Gasteiger partial charge on any atom is 0.139 e. The quantitative estimate of drug-likeness (QED) is 0.324. The van der Waals surface area contributed by atoms with Gasteiger partial charge in [0.05, 0.1) is 6.54 Å². The molecule has 0 bridgehead atoms. The van der Waals surface area contributed by atoms with E-state index >= 15 is 0 Å². The molecule has 0 saturated carbocycles. The molecule has 0 saturated heterocycles. The summed E-state index contributed by atoms with van der Waals surface area (Å²) < 4.78 is 5.76. The minimum absolute atomic E-state index is 0.263. The Morgan fingerprint density at radius 2 is 2.17 bits per heavy atom. The molecule has 0 radical (unpaired) electrons. The van der Waals surface area contributed by atoms with Gasteiger partial charge in [-0.15, -0.1) is 22.9 Å². The number of hydrogen-bond acceptors (Lipinski definition) is 4. The number of thiazole rings is 1. The van der Waals surface area contributed by atoms with Crippen LogP contribution in [0, 0.1) is 5.92 Å². The predicted molar refractivity (Wildman–Crippen MR) is 106 cm³/mol. The van der Waals surface area contributed by atoms with Crippen LogP contribution >= 0.6 is 22.9 Å². The van der Waals surface area contributed by atoms with Gasteiger partial charge in [0.15, 0.2) is 0 Å². The number of halogens is 1. The molecule has 0 aliphatic heterocycles. The number of nitrogens with zero attached hydrogens (tertiary/aromatic N) is 1. The van der Waals surface area contributed by atoms with Crippen molar-refractivity contribution in [3.05, 3.63) is 47.1 Å². The van der Waals surface area contributed by atoms with E-state index in [0.29, 0.717) is 24.1 Å². The Labute approximate surface area is 155 Å². The highest BCUT2D eigenvalue weighted by Crippen LogP contribution is 2.23. The Bertz CT molecular complexity index is 572. The second kappa shape index (κ2) is 9.90. The topological polar surface area (TPSA) is 34.2 Å². The molecule has 1 rings (SSSR count). The lowest BCUT2D eigenvalue weighted by molar-refractivity contribution is 0.0970. The molecule has 0 aromatic carbocycles. The molecule has 1 aromatic heterocycles. The van der Waals surface area contributed by atoms with Crippen molar-refractivity contribution < 1.29 is 4.74 Å². The molecule has 134 valence electrons. The third-order valence-electron chi connectivity index (χ3n) is 3.07. The van der Waals surface area contributed by atoms with Crippen molar-refractivity contribution in [1.82, 2.24) is 10.3 Å². The van der Waals surface area contributed by atoms with E-state index in [1.54, 1.807) is 11.3 Å². The van der Waals surface area contributed by atoms with Gasteiger partial charge in [0.25, 0.3) is 0 Å². The van der Waals surface area contributed by atoms with Crippen molar-refractivity contribution in [3.8, 4) is 0 Å². The summed E-state index contributed by atoms with van der Waals surface area (Å²) in [6, 6.07) is 0. The van der Waals surface area contributed by atoms with Crippen LogP contribution in [-0.4, -0.2) is 16.5 Å². The summed E-state index contributed by atoms with van der Waals surface area (Å²) >= 11 is 7.26. The van der Waals surface area contributed by atoms with E-state index in [0.717, 1.165) is 29.2 Å². The first kappa shape index (κ1) is 20.8. The van der Waals surface area contributed by atoms with E-state index in [1.807, 2.05) is 26.2 Å². The summed E-state index contributed by atoms with van der Waals surface area (Å²) in [5.41, 5.74) is 1.55. The lowest BCUT2D eigenvalue weighted by Gasteiger charge is -2.21. The molecule has 24 heavy (non-hydrogen) atoms. The minimum Gasteiger partial charge on any atom is -0.486 e. The van der Waals surface area contributed by atoms with Crippen LogP contribution in [0.25, 0.3) is 5.76 Å². The predicted octanol–water partition coefficient (Wildman–Crippen LogP) is 5.74. The smallest absolute Gasteiger partial charge is 0.139 e. The van der Waals surface area contributed by atoms with Gasteiger partial charge in [0.2, 0.25) is 0 Å². The monoisotopic (exact) mass is 368 g/mol. The molecule has 0 aliphatic rings. The number of rotatable bonds is 10. The fraction of sp³-hybridized carbons (Fsp3) is 0.526. The molecule has 1 heterocycles. The Morgan fingerprint density at radius 3 is 2.79 bits per heavy atom. The molecule has 5 heteroatoms. The van der Waals surface area contributed by atoms with Gasteiger partial charge in [-0.2, -0.15) is 0 Å². The number of nitrogens with one attached hydrogen (secondary N) is 1. The summed E-state index contributed by atoms with van der Waals surface area (Å²) in [7, 11) is 0. The first-order valence-corrected chi connectivity index (χ1v) is 9.59. The van der Waals surface area contributed by atoms with Gasteiger partial charge in [0.1, 0.15) is 22.1 Å². The van der Waals surface area contributed by atoms with E-state index < -0.39 is 0 Å². The van der Waals surface area contributed by atoms with Crippen molar-refractivity contribution in [2.75, 3.05) is 5.88 Å². The van der Waals surface area contributed by atoms with Gasteiger partial charge < -0.3 is 10.1 Å². The Hall–Kier alpha value is -1.26. The van der Waals surface area contributed by atoms with Gasteiger partial charge in [-0.25, -0.2) is 4.98 Å². The molecular weight excluding hydrogens is 340 g/mol. The minimum atomic E-state index is -0.263. The third-order valence-corrected chi connectivity index (χ3v) is 4.13. The fourth-order valence-corrected chi connectivity index (χ4v) is 2.93. The molecular formula is C19H29ClN2OS. The summed E-state index contributed by atoms with van der Waals surface area (Å²) in [4.78, 5) is 4.57. The summed E-state index contributed by atoms with van der Waals surface area (Å²) in [6.07, 6.45) is 6.12. The van der Waals surface area contributed by atoms with Crippen LogP contribution in [0.4, 0.5) is 0 Å². The molecule has 1 aromatic rings. The van der Waals surface area contributed by atoms with E-state index in [4.69, 9.17) is 16.3 Å². The summed E-state index contributed by atoms with van der Waals surface area (Å²) in [5, 5.41) is 6.32. The van der Waals surface area contributed by atoms with Gasteiger partial charge in [-0.1, -0.05) is 32.2 Å². The average molecular weight is 369 g/mol. The molecule has 1 atom stereocenters. The van der Waals surface area contributed by atoms with Crippen molar-refractivity contribution in [1.29, 1.82) is 0 Å². The number of hydrogen-bond donors (Lipinski definition) is 1. The highest BCUT2D eigenvalue weighted by molar-refractivity contribution is 7.09. The maximum absolute atomic E-state index is 5.76. The second-order valence-electron chi connectivity index (χ2n) is 6.81. The first-order valence-electron chi connectivity index (χ1n) is 8.18. The van der Waals surface area contributed by atoms with Crippen LogP contribution < -0.4 is 5.32 Å². The van der Waals surface area contributed by atoms with E-state index in [1.165, 1.54) is 0 Å². The number of alkyl halides is 1. The van der Waals surface area contributed by atoms with Gasteiger partial charge in [-0.3, -0.25) is 0 Å². The highest BCUT2D eigenvalue weighted by atomic mass is 35.5. The van der Waals surface area contributed by atoms with Crippen LogP contribution in [0.3, 0.4) is 0 Å². The van der Waals surface area contributed by atoms with Crippen molar-refractivity contribution >= 4 is 28.7 Å². The van der Waals surface area contributed by atoms with Gasteiger partial charge >= 0.3 is 0 Å². The SMILES string of the molecule is C=C(CC(C)/C=C/CCCl)NCc1nc(C(=C)OC(C)(C)C)cs1. The van der Waals surface area contributed by atoms with Crippen LogP contribution in [0.5, 0.6) is 0 Å².